The Hall–Kier alpha value is -2.54. The van der Waals surface area contributed by atoms with Crippen LogP contribution in [0.2, 0.25) is 0 Å². The molecular weight excluding hydrogens is 352 g/mol. The third-order valence-electron chi connectivity index (χ3n) is 4.70. The van der Waals surface area contributed by atoms with E-state index in [4.69, 9.17) is 4.74 Å². The number of anilines is 2. The zero-order valence-electron chi connectivity index (χ0n) is 15.1. The van der Waals surface area contributed by atoms with Crippen LogP contribution in [0.1, 0.15) is 24.0 Å². The maximum absolute atomic E-state index is 12.8. The summed E-state index contributed by atoms with van der Waals surface area (Å²) in [6.07, 6.45) is 1.41. The van der Waals surface area contributed by atoms with Crippen molar-refractivity contribution in [3.05, 3.63) is 47.5 Å². The number of amides is 1. The van der Waals surface area contributed by atoms with Gasteiger partial charge in [-0.15, -0.1) is 0 Å². The topological polar surface area (TPSA) is 75.7 Å². The van der Waals surface area contributed by atoms with Crippen molar-refractivity contribution in [1.82, 2.24) is 0 Å². The summed E-state index contributed by atoms with van der Waals surface area (Å²) >= 11 is 0. The van der Waals surface area contributed by atoms with Crippen LogP contribution in [0, 0.1) is 13.8 Å². The van der Waals surface area contributed by atoms with Crippen LogP contribution in [0.15, 0.2) is 41.3 Å². The number of benzene rings is 2. The fraction of sp³-hybridized carbons (Fsp3) is 0.316. The van der Waals surface area contributed by atoms with E-state index in [0.717, 1.165) is 17.7 Å². The summed E-state index contributed by atoms with van der Waals surface area (Å²) in [5.41, 5.74) is 2.68. The Labute approximate surface area is 153 Å². The number of nitrogens with zero attached hydrogens (tertiary/aromatic N) is 1. The summed E-state index contributed by atoms with van der Waals surface area (Å²) in [5, 5.41) is 0. The monoisotopic (exact) mass is 374 g/mol. The molecule has 2 aromatic carbocycles. The van der Waals surface area contributed by atoms with Crippen molar-refractivity contribution in [2.75, 3.05) is 23.3 Å². The van der Waals surface area contributed by atoms with Crippen molar-refractivity contribution in [3.63, 3.8) is 0 Å². The maximum Gasteiger partial charge on any atom is 0.262 e. The van der Waals surface area contributed by atoms with Gasteiger partial charge in [0.1, 0.15) is 5.75 Å². The molecule has 0 bridgehead atoms. The van der Waals surface area contributed by atoms with Crippen LogP contribution in [0.4, 0.5) is 11.4 Å². The highest BCUT2D eigenvalue weighted by molar-refractivity contribution is 7.92. The van der Waals surface area contributed by atoms with Gasteiger partial charge < -0.3 is 9.64 Å². The van der Waals surface area contributed by atoms with Gasteiger partial charge in [0, 0.05) is 24.3 Å². The molecule has 0 aromatic heterocycles. The van der Waals surface area contributed by atoms with Gasteiger partial charge in [-0.3, -0.25) is 9.52 Å². The number of ether oxygens (including phenoxy) is 1. The van der Waals surface area contributed by atoms with Gasteiger partial charge in [-0.05, 0) is 67.8 Å². The molecule has 1 fully saturated rings. The Bertz CT molecular complexity index is 937. The summed E-state index contributed by atoms with van der Waals surface area (Å²) in [6.45, 7) is 4.29. The smallest absolute Gasteiger partial charge is 0.262 e. The molecule has 26 heavy (non-hydrogen) atoms. The van der Waals surface area contributed by atoms with Crippen LogP contribution < -0.4 is 14.4 Å². The van der Waals surface area contributed by atoms with Gasteiger partial charge in [0.05, 0.1) is 12.0 Å². The Morgan fingerprint density at radius 1 is 1.04 bits per heavy atom. The van der Waals surface area contributed by atoms with E-state index in [1.807, 2.05) is 6.92 Å². The summed E-state index contributed by atoms with van der Waals surface area (Å²) in [5.74, 6) is 0.753. The van der Waals surface area contributed by atoms with E-state index >= 15 is 0 Å². The van der Waals surface area contributed by atoms with Gasteiger partial charge in [-0.25, -0.2) is 8.42 Å². The summed E-state index contributed by atoms with van der Waals surface area (Å²) < 4.78 is 33.3. The number of methoxy groups -OCH3 is 1. The van der Waals surface area contributed by atoms with Gasteiger partial charge >= 0.3 is 0 Å². The molecule has 0 radical (unpaired) electrons. The van der Waals surface area contributed by atoms with Crippen LogP contribution in [0.3, 0.4) is 0 Å². The second-order valence-electron chi connectivity index (χ2n) is 6.32. The van der Waals surface area contributed by atoms with Crippen molar-refractivity contribution in [3.8, 4) is 5.75 Å². The highest BCUT2D eigenvalue weighted by atomic mass is 32.2. The van der Waals surface area contributed by atoms with Gasteiger partial charge in [0.15, 0.2) is 0 Å². The fourth-order valence-electron chi connectivity index (χ4n) is 3.12. The molecule has 0 aliphatic carbocycles. The largest absolute Gasteiger partial charge is 0.496 e. The van der Waals surface area contributed by atoms with E-state index in [2.05, 4.69) is 4.72 Å². The Kier molecular flexibility index (Phi) is 4.91. The number of hydrogen-bond donors (Lipinski definition) is 1. The lowest BCUT2D eigenvalue weighted by molar-refractivity contribution is -0.117. The second-order valence-corrected chi connectivity index (χ2v) is 7.97. The summed E-state index contributed by atoms with van der Waals surface area (Å²) in [6, 6.07) is 10.1. The minimum atomic E-state index is -3.72. The molecule has 1 N–H and O–H groups in total. The van der Waals surface area contributed by atoms with Crippen LogP contribution in [-0.4, -0.2) is 28.0 Å². The maximum atomic E-state index is 12.8. The van der Waals surface area contributed by atoms with Crippen molar-refractivity contribution < 1.29 is 17.9 Å². The Morgan fingerprint density at radius 2 is 1.73 bits per heavy atom. The van der Waals surface area contributed by atoms with Crippen LogP contribution >= 0.6 is 0 Å². The lowest BCUT2D eigenvalue weighted by atomic mass is 10.1. The molecule has 1 amide bonds. The normalized spacial score (nSPS) is 14.6. The molecule has 0 spiro atoms. The minimum absolute atomic E-state index is 0.0997. The van der Waals surface area contributed by atoms with Crippen molar-refractivity contribution >= 4 is 27.3 Å². The molecule has 0 saturated carbocycles. The minimum Gasteiger partial charge on any atom is -0.496 e. The number of carbonyl (C=O) groups is 1. The molecule has 1 aliphatic heterocycles. The number of hydrogen-bond acceptors (Lipinski definition) is 4. The molecule has 1 aliphatic rings. The molecule has 1 heterocycles. The zero-order valence-corrected chi connectivity index (χ0v) is 15.9. The third kappa shape index (κ3) is 3.39. The average Bonchev–Trinajstić information content (AvgIpc) is 3.03. The van der Waals surface area contributed by atoms with Crippen LogP contribution in [-0.2, 0) is 14.8 Å². The van der Waals surface area contributed by atoms with Crippen LogP contribution in [0.25, 0.3) is 0 Å². The van der Waals surface area contributed by atoms with Gasteiger partial charge in [0.25, 0.3) is 10.0 Å². The fourth-order valence-corrected chi connectivity index (χ4v) is 4.48. The van der Waals surface area contributed by atoms with Crippen LogP contribution in [0.5, 0.6) is 5.75 Å². The SMILES string of the molecule is COc1ccc(S(=O)(=O)Nc2ccc(N3CCCC3=O)cc2)c(C)c1C. The molecule has 3 rings (SSSR count). The standard InChI is InChI=1S/C19H22N2O4S/c1-13-14(2)18(11-10-17(13)25-3)26(23,24)20-15-6-8-16(9-7-15)21-12-4-5-19(21)22/h6-11,20H,4-5,12H2,1-3H3. The summed E-state index contributed by atoms with van der Waals surface area (Å²) in [4.78, 5) is 13.7. The van der Waals surface area contributed by atoms with E-state index in [9.17, 15) is 13.2 Å². The Balaban J connectivity index is 1.84. The second kappa shape index (κ2) is 6.99. The number of rotatable bonds is 5. The number of carbonyl (C=O) groups excluding carboxylic acids is 1. The van der Waals surface area contributed by atoms with Crippen molar-refractivity contribution in [2.24, 2.45) is 0 Å². The van der Waals surface area contributed by atoms with Crippen molar-refractivity contribution in [2.45, 2.75) is 31.6 Å². The van der Waals surface area contributed by atoms with Gasteiger partial charge in [-0.1, -0.05) is 0 Å². The third-order valence-corrected chi connectivity index (χ3v) is 6.23. The lowest BCUT2D eigenvalue weighted by Crippen LogP contribution is -2.23. The molecule has 1 saturated heterocycles. The molecule has 7 heteroatoms. The highest BCUT2D eigenvalue weighted by Gasteiger charge is 2.22. The first-order chi connectivity index (χ1) is 12.3. The predicted molar refractivity (Wildman–Crippen MR) is 101 cm³/mol. The summed E-state index contributed by atoms with van der Waals surface area (Å²) in [7, 11) is -2.16. The lowest BCUT2D eigenvalue weighted by Gasteiger charge is -2.17. The quantitative estimate of drug-likeness (QED) is 0.872. The molecule has 0 atom stereocenters. The molecular formula is C19H22N2O4S. The van der Waals surface area contributed by atoms with E-state index in [-0.39, 0.29) is 10.8 Å². The molecule has 2 aromatic rings. The van der Waals surface area contributed by atoms with E-state index in [1.165, 1.54) is 0 Å². The van der Waals surface area contributed by atoms with Crippen molar-refractivity contribution in [1.29, 1.82) is 0 Å². The molecule has 0 unspecified atom stereocenters. The molecule has 6 nitrogen and oxygen atoms in total. The highest BCUT2D eigenvalue weighted by Crippen LogP contribution is 2.29. The Morgan fingerprint density at radius 3 is 2.31 bits per heavy atom. The number of sulfonamides is 1. The first kappa shape index (κ1) is 18.3. The average molecular weight is 374 g/mol. The predicted octanol–water partition coefficient (Wildman–Crippen LogP) is 3.24. The molecule has 138 valence electrons. The first-order valence-corrected chi connectivity index (χ1v) is 9.89. The van der Waals surface area contributed by atoms with E-state index < -0.39 is 10.0 Å². The number of nitrogens with one attached hydrogen (secondary N) is 1. The van der Waals surface area contributed by atoms with Gasteiger partial charge in [0.2, 0.25) is 5.91 Å². The van der Waals surface area contributed by atoms with Gasteiger partial charge in [-0.2, -0.15) is 0 Å². The first-order valence-electron chi connectivity index (χ1n) is 8.41. The van der Waals surface area contributed by atoms with E-state index in [0.29, 0.717) is 30.0 Å². The zero-order chi connectivity index (χ0) is 18.9. The van der Waals surface area contributed by atoms with E-state index in [1.54, 1.807) is 55.3 Å².